The number of nitrogens with zero attached hydrogens (tertiary/aromatic N) is 8. The van der Waals surface area contributed by atoms with E-state index < -0.39 is 0 Å². The first-order valence-electron chi connectivity index (χ1n) is 18.5. The van der Waals surface area contributed by atoms with Crippen molar-refractivity contribution in [2.45, 2.75) is 0 Å². The summed E-state index contributed by atoms with van der Waals surface area (Å²) in [7, 11) is 0. The molecular weight excluding hydrogens is 819 g/mol. The molecule has 301 valence electrons. The number of aliphatic imine (C=N–C) groups is 2. The van der Waals surface area contributed by atoms with Gasteiger partial charge < -0.3 is 29.3 Å². The number of hydrogen-bond acceptors (Lipinski definition) is 12. The quantitative estimate of drug-likeness (QED) is 0.107. The van der Waals surface area contributed by atoms with Gasteiger partial charge >= 0.3 is 0 Å². The fourth-order valence-electron chi connectivity index (χ4n) is 6.26. The third-order valence-electron chi connectivity index (χ3n) is 9.22. The average molecular weight is 852 g/mol. The van der Waals surface area contributed by atoms with Crippen molar-refractivity contribution >= 4 is 46.0 Å². The van der Waals surface area contributed by atoms with Crippen molar-refractivity contribution in [2.24, 2.45) is 9.98 Å². The van der Waals surface area contributed by atoms with E-state index in [2.05, 4.69) is 30.2 Å². The Balaban J connectivity index is 0.000000166. The van der Waals surface area contributed by atoms with Crippen LogP contribution in [0.4, 0.5) is 11.4 Å². The predicted molar refractivity (Wildman–Crippen MR) is 227 cm³/mol. The maximum atomic E-state index is 10.9. The second-order valence-electron chi connectivity index (χ2n) is 13.1. The smallest absolute Gasteiger partial charge is 0.249 e. The van der Waals surface area contributed by atoms with Gasteiger partial charge in [0.2, 0.25) is 23.5 Å². The van der Waals surface area contributed by atoms with Crippen LogP contribution in [0, 0.1) is 0 Å². The third-order valence-corrected chi connectivity index (χ3v) is 9.22. The molecule has 0 aliphatic rings. The summed E-state index contributed by atoms with van der Waals surface area (Å²) in [4.78, 5) is 17.7. The predicted octanol–water partition coefficient (Wildman–Crippen LogP) is 9.68. The zero-order valence-electron chi connectivity index (χ0n) is 31.7. The van der Waals surface area contributed by atoms with E-state index >= 15 is 0 Å². The van der Waals surface area contributed by atoms with Crippen molar-refractivity contribution < 1.29 is 46.0 Å². The van der Waals surface area contributed by atoms with Crippen LogP contribution in [0.3, 0.4) is 0 Å². The molecule has 10 rings (SSSR count). The number of fused-ring (bicyclic) bond motifs is 2. The molecule has 0 amide bonds. The Morgan fingerprint density at radius 1 is 0.443 bits per heavy atom. The first kappa shape index (κ1) is 39.5. The Bertz CT molecular complexity index is 2890. The van der Waals surface area contributed by atoms with Crippen molar-refractivity contribution in [2.75, 3.05) is 0 Å². The van der Waals surface area contributed by atoms with Crippen LogP contribution >= 0.6 is 0 Å². The van der Waals surface area contributed by atoms with Crippen LogP contribution in [-0.2, 0) is 16.8 Å². The SMILES string of the molecule is Oc1ccccc1N=Cc1c(-c2nc3ccccc3o2)nn(-c2ccccc2)c1O.Oc1ccccc1N=Cc1c(-c2nc3ccccc3o2)nn(-c2ccccc2)c1O.[Co]. The topological polar surface area (TPSA) is 193 Å². The maximum absolute atomic E-state index is 10.9. The summed E-state index contributed by atoms with van der Waals surface area (Å²) in [5.41, 5.74) is 6.02. The molecule has 1 radical (unpaired) electrons. The van der Waals surface area contributed by atoms with E-state index in [1.165, 1.54) is 21.8 Å². The molecule has 0 aliphatic heterocycles. The van der Waals surface area contributed by atoms with E-state index in [4.69, 9.17) is 8.83 Å². The van der Waals surface area contributed by atoms with E-state index in [0.29, 0.717) is 67.5 Å². The summed E-state index contributed by atoms with van der Waals surface area (Å²) in [6.45, 7) is 0. The zero-order chi connectivity index (χ0) is 41.0. The van der Waals surface area contributed by atoms with Gasteiger partial charge in [-0.25, -0.2) is 9.97 Å². The molecule has 0 atom stereocenters. The molecule has 0 bridgehead atoms. The summed E-state index contributed by atoms with van der Waals surface area (Å²) in [5, 5.41) is 50.9. The van der Waals surface area contributed by atoms with Crippen LogP contribution in [0.15, 0.2) is 177 Å². The van der Waals surface area contributed by atoms with Crippen LogP contribution < -0.4 is 0 Å². The molecule has 0 saturated carbocycles. The van der Waals surface area contributed by atoms with Crippen molar-refractivity contribution in [3.63, 3.8) is 0 Å². The molecule has 4 aromatic heterocycles. The second-order valence-corrected chi connectivity index (χ2v) is 13.1. The molecule has 4 heterocycles. The second kappa shape index (κ2) is 17.3. The Labute approximate surface area is 356 Å². The first-order chi connectivity index (χ1) is 29.4. The van der Waals surface area contributed by atoms with Gasteiger partial charge in [0.05, 0.1) is 22.5 Å². The average Bonchev–Trinajstić information content (AvgIpc) is 4.07. The Morgan fingerprint density at radius 3 is 1.20 bits per heavy atom. The molecular formula is C46H32CoN8O6. The number of benzene rings is 6. The van der Waals surface area contributed by atoms with Crippen molar-refractivity contribution in [3.8, 4) is 57.8 Å². The van der Waals surface area contributed by atoms with E-state index in [1.54, 1.807) is 48.5 Å². The molecule has 0 saturated heterocycles. The molecule has 0 aliphatic carbocycles. The van der Waals surface area contributed by atoms with Gasteiger partial charge in [-0.3, -0.25) is 9.98 Å². The van der Waals surface area contributed by atoms with Gasteiger partial charge in [0, 0.05) is 29.2 Å². The van der Waals surface area contributed by atoms with Crippen LogP contribution in [-0.4, -0.2) is 62.4 Å². The minimum Gasteiger partial charge on any atom is -0.506 e. The monoisotopic (exact) mass is 851 g/mol. The summed E-state index contributed by atoms with van der Waals surface area (Å²) >= 11 is 0. The van der Waals surface area contributed by atoms with Crippen molar-refractivity contribution in [1.82, 2.24) is 29.5 Å². The third kappa shape index (κ3) is 8.09. The number of rotatable bonds is 8. The Morgan fingerprint density at radius 2 is 0.803 bits per heavy atom. The van der Waals surface area contributed by atoms with Crippen molar-refractivity contribution in [3.05, 3.63) is 169 Å². The molecule has 0 fully saturated rings. The van der Waals surface area contributed by atoms with Gasteiger partial charge in [-0.1, -0.05) is 84.9 Å². The number of oxazole rings is 2. The molecule has 0 spiro atoms. The van der Waals surface area contributed by atoms with Gasteiger partial charge in [0.25, 0.3) is 0 Å². The van der Waals surface area contributed by atoms with E-state index in [-0.39, 0.29) is 51.8 Å². The summed E-state index contributed by atoms with van der Waals surface area (Å²) < 4.78 is 14.5. The number of phenolic OH excluding ortho intramolecular Hbond substituents is 2. The summed E-state index contributed by atoms with van der Waals surface area (Å²) in [6, 6.07) is 46.6. The zero-order valence-corrected chi connectivity index (χ0v) is 32.7. The molecule has 6 aromatic carbocycles. The Kier molecular flexibility index (Phi) is 11.2. The van der Waals surface area contributed by atoms with Gasteiger partial charge in [-0.2, -0.15) is 19.6 Å². The Hall–Kier alpha value is -8.27. The van der Waals surface area contributed by atoms with Crippen molar-refractivity contribution in [1.29, 1.82) is 0 Å². The number of hydrogen-bond donors (Lipinski definition) is 4. The molecule has 15 heteroatoms. The normalized spacial score (nSPS) is 11.3. The van der Waals surface area contributed by atoms with Gasteiger partial charge in [-0.15, -0.1) is 0 Å². The summed E-state index contributed by atoms with van der Waals surface area (Å²) in [5.74, 6) is 0.370. The van der Waals surface area contributed by atoms with Crippen LogP contribution in [0.25, 0.3) is 56.7 Å². The van der Waals surface area contributed by atoms with Crippen LogP contribution in [0.1, 0.15) is 11.1 Å². The number of phenols is 2. The fraction of sp³-hybridized carbons (Fsp3) is 0. The van der Waals surface area contributed by atoms with Crippen LogP contribution in [0.2, 0.25) is 0 Å². The molecule has 61 heavy (non-hydrogen) atoms. The summed E-state index contributed by atoms with van der Waals surface area (Å²) in [6.07, 6.45) is 2.89. The molecule has 4 N–H and O–H groups in total. The van der Waals surface area contributed by atoms with E-state index in [9.17, 15) is 20.4 Å². The minimum absolute atomic E-state index is 0. The van der Waals surface area contributed by atoms with Gasteiger partial charge in [-0.05, 0) is 72.8 Å². The van der Waals surface area contributed by atoms with Crippen LogP contribution in [0.5, 0.6) is 23.3 Å². The minimum atomic E-state index is -0.113. The van der Waals surface area contributed by atoms with E-state index in [1.807, 2.05) is 109 Å². The molecule has 10 aromatic rings. The molecule has 14 nitrogen and oxygen atoms in total. The number of aromatic nitrogens is 6. The number of para-hydroxylation sites is 10. The molecule has 0 unspecified atom stereocenters. The maximum Gasteiger partial charge on any atom is 0.249 e. The fourth-order valence-corrected chi connectivity index (χ4v) is 6.26. The standard InChI is InChI=1S/2C23H16N4O3.Co/c2*28-19-12-6-4-10-17(19)24-14-16-21(22-25-18-11-5-7-13-20(18)30-22)26-27(23(16)29)15-8-2-1-3-9-15;/h2*1-14,28-29H;. The first-order valence-corrected chi connectivity index (χ1v) is 18.5. The number of aromatic hydroxyl groups is 4. The van der Waals surface area contributed by atoms with Gasteiger partial charge in [0.1, 0.15) is 33.9 Å². The largest absolute Gasteiger partial charge is 0.506 e. The van der Waals surface area contributed by atoms with Gasteiger partial charge in [0.15, 0.2) is 22.6 Å². The van der Waals surface area contributed by atoms with E-state index in [0.717, 1.165) is 0 Å².